The van der Waals surface area contributed by atoms with E-state index >= 15 is 0 Å². The number of hydrogen-bond donors (Lipinski definition) is 1. The zero-order chi connectivity index (χ0) is 5.82. The van der Waals surface area contributed by atoms with Gasteiger partial charge in [0.1, 0.15) is 0 Å². The summed E-state index contributed by atoms with van der Waals surface area (Å²) in [6.07, 6.45) is 3.97. The van der Waals surface area contributed by atoms with Crippen molar-refractivity contribution >= 4 is 21.9 Å². The molecule has 0 amide bonds. The molecule has 1 N–H and O–H groups in total. The van der Waals surface area contributed by atoms with E-state index in [4.69, 9.17) is 5.26 Å². The topological polar surface area (TPSA) is 29.5 Å². The molecule has 2 nitrogen and oxygen atoms in total. The van der Waals surface area contributed by atoms with Crippen LogP contribution >= 0.6 is 0 Å². The molecule has 1 saturated heterocycles. The van der Waals surface area contributed by atoms with Gasteiger partial charge in [0.05, 0.1) is 0 Å². The summed E-state index contributed by atoms with van der Waals surface area (Å²) in [5, 5.41) is 8.28. The van der Waals surface area contributed by atoms with Gasteiger partial charge in [0.15, 0.2) is 0 Å². The van der Waals surface area contributed by atoms with E-state index in [1.807, 2.05) is 0 Å². The van der Waals surface area contributed by atoms with Crippen LogP contribution < -0.4 is 0 Å². The van der Waals surface area contributed by atoms with Crippen molar-refractivity contribution in [2.45, 2.75) is 27.6 Å². The molecule has 0 radical (unpaired) electrons. The maximum absolute atomic E-state index is 8.28. The fourth-order valence-electron chi connectivity index (χ4n) is 1.17. The molecule has 3 heteroatoms. The standard InChI is InChI=1S/C5H10.In.H2O2/c1-3-5-4-2;;1-2/h1-5H2;;1-2H/q;+1;/p-1. The van der Waals surface area contributed by atoms with Crippen molar-refractivity contribution in [3.8, 4) is 0 Å². The van der Waals surface area contributed by atoms with Gasteiger partial charge in [-0.3, -0.25) is 0 Å². The van der Waals surface area contributed by atoms with E-state index < -0.39 is 21.9 Å². The van der Waals surface area contributed by atoms with Gasteiger partial charge in [-0.15, -0.1) is 0 Å². The second kappa shape index (κ2) is 3.75. The fraction of sp³-hybridized carbons (Fsp3) is 1.00. The SMILES string of the molecule is O[O][In]1[CH2]CCC[CH2]1. The third kappa shape index (κ3) is 1.96. The van der Waals surface area contributed by atoms with Crippen LogP contribution in [-0.4, -0.2) is 27.1 Å². The van der Waals surface area contributed by atoms with Crippen molar-refractivity contribution in [3.05, 3.63) is 0 Å². The van der Waals surface area contributed by atoms with E-state index in [9.17, 15) is 0 Å². The zero-order valence-corrected chi connectivity index (χ0v) is 8.26. The van der Waals surface area contributed by atoms with Gasteiger partial charge in [-0.2, -0.15) is 0 Å². The second-order valence-corrected chi connectivity index (χ2v) is 9.81. The monoisotopic (exact) mass is 218 g/mol. The summed E-state index contributed by atoms with van der Waals surface area (Å²) in [6.45, 7) is 0. The minimum atomic E-state index is -1.66. The Hall–Kier alpha value is 0.790. The Kier molecular flexibility index (Phi) is 3.23. The van der Waals surface area contributed by atoms with Crippen LogP contribution in [0.15, 0.2) is 0 Å². The number of hydrogen-bond acceptors (Lipinski definition) is 2. The van der Waals surface area contributed by atoms with Gasteiger partial charge < -0.3 is 0 Å². The Morgan fingerprint density at radius 3 is 2.12 bits per heavy atom. The van der Waals surface area contributed by atoms with Gasteiger partial charge in [0.2, 0.25) is 0 Å². The molecule has 1 rings (SSSR count). The molecule has 0 aromatic carbocycles. The van der Waals surface area contributed by atoms with Gasteiger partial charge >= 0.3 is 57.8 Å². The van der Waals surface area contributed by atoms with Crippen LogP contribution in [0.25, 0.3) is 0 Å². The van der Waals surface area contributed by atoms with Crippen molar-refractivity contribution in [2.75, 3.05) is 0 Å². The summed E-state index contributed by atoms with van der Waals surface area (Å²) in [5.41, 5.74) is 0. The molecule has 0 aromatic rings. The molecule has 8 heavy (non-hydrogen) atoms. The first-order chi connectivity index (χ1) is 3.93. The van der Waals surface area contributed by atoms with Crippen molar-refractivity contribution in [1.82, 2.24) is 0 Å². The molecule has 0 aromatic heterocycles. The van der Waals surface area contributed by atoms with Crippen molar-refractivity contribution in [1.29, 1.82) is 0 Å². The van der Waals surface area contributed by atoms with Crippen LogP contribution in [0.2, 0.25) is 8.35 Å². The molecular weight excluding hydrogens is 207 g/mol. The van der Waals surface area contributed by atoms with Crippen LogP contribution in [0.3, 0.4) is 0 Å². The Morgan fingerprint density at radius 1 is 1.12 bits per heavy atom. The third-order valence-corrected chi connectivity index (χ3v) is 8.56. The van der Waals surface area contributed by atoms with Gasteiger partial charge in [-0.05, 0) is 0 Å². The Balaban J connectivity index is 2.13. The molecule has 0 spiro atoms. The minimum absolute atomic E-state index is 1.25. The van der Waals surface area contributed by atoms with Gasteiger partial charge in [-0.25, -0.2) is 0 Å². The van der Waals surface area contributed by atoms with E-state index in [1.165, 1.54) is 27.6 Å². The second-order valence-electron chi connectivity index (χ2n) is 2.37. The zero-order valence-electron chi connectivity index (χ0n) is 4.97. The Bertz CT molecular complexity index is 61.4. The van der Waals surface area contributed by atoms with E-state index in [2.05, 4.69) is 3.01 Å². The summed E-state index contributed by atoms with van der Waals surface area (Å²) >= 11 is -1.66. The third-order valence-electron chi connectivity index (χ3n) is 1.70. The molecular formula is C5H11InO2. The van der Waals surface area contributed by atoms with Crippen LogP contribution in [-0.2, 0) is 3.01 Å². The molecule has 0 atom stereocenters. The molecule has 1 heterocycles. The van der Waals surface area contributed by atoms with Gasteiger partial charge in [-0.1, -0.05) is 0 Å². The maximum atomic E-state index is 8.28. The molecule has 46 valence electrons. The average Bonchev–Trinajstić information content (AvgIpc) is 1.90. The van der Waals surface area contributed by atoms with Crippen LogP contribution in [0.5, 0.6) is 0 Å². The Morgan fingerprint density at radius 2 is 1.75 bits per heavy atom. The van der Waals surface area contributed by atoms with Crippen molar-refractivity contribution in [2.24, 2.45) is 0 Å². The predicted octanol–water partition coefficient (Wildman–Crippen LogP) is 1.65. The van der Waals surface area contributed by atoms with E-state index in [-0.39, 0.29) is 0 Å². The first kappa shape index (κ1) is 6.90. The van der Waals surface area contributed by atoms with E-state index in [0.29, 0.717) is 0 Å². The van der Waals surface area contributed by atoms with Gasteiger partial charge in [0.25, 0.3) is 0 Å². The fourth-order valence-corrected chi connectivity index (χ4v) is 6.84. The summed E-state index contributed by atoms with van der Waals surface area (Å²) in [5.74, 6) is 0. The molecule has 0 unspecified atom stereocenters. The van der Waals surface area contributed by atoms with Crippen molar-refractivity contribution < 1.29 is 8.26 Å². The normalized spacial score (nSPS) is 21.4. The molecule has 1 aliphatic heterocycles. The van der Waals surface area contributed by atoms with Crippen LogP contribution in [0, 0.1) is 0 Å². The number of rotatable bonds is 1. The van der Waals surface area contributed by atoms with Crippen LogP contribution in [0.4, 0.5) is 0 Å². The summed E-state index contributed by atoms with van der Waals surface area (Å²) in [6, 6.07) is 0. The molecule has 1 aliphatic rings. The van der Waals surface area contributed by atoms with E-state index in [0.717, 1.165) is 0 Å². The molecule has 0 aliphatic carbocycles. The average molecular weight is 218 g/mol. The quantitative estimate of drug-likeness (QED) is 0.535. The molecule has 0 bridgehead atoms. The molecule has 0 saturated carbocycles. The van der Waals surface area contributed by atoms with Gasteiger partial charge in [0, 0.05) is 0 Å². The van der Waals surface area contributed by atoms with Crippen molar-refractivity contribution in [3.63, 3.8) is 0 Å². The first-order valence-corrected chi connectivity index (χ1v) is 9.24. The molecule has 1 fully saturated rings. The summed E-state index contributed by atoms with van der Waals surface area (Å²) < 4.78 is 6.90. The summed E-state index contributed by atoms with van der Waals surface area (Å²) in [7, 11) is 0. The predicted molar refractivity (Wildman–Crippen MR) is 32.9 cm³/mol. The van der Waals surface area contributed by atoms with Crippen LogP contribution in [0.1, 0.15) is 19.3 Å². The first-order valence-electron chi connectivity index (χ1n) is 3.23. The van der Waals surface area contributed by atoms with E-state index in [1.54, 1.807) is 0 Å². The Labute approximate surface area is 57.9 Å². The summed E-state index contributed by atoms with van der Waals surface area (Å²) in [4.78, 5) is 0.